The summed E-state index contributed by atoms with van der Waals surface area (Å²) in [4.78, 5) is 24.8. The average Bonchev–Trinajstić information content (AvgIpc) is 3.29. The van der Waals surface area contributed by atoms with Gasteiger partial charge in [0.25, 0.3) is 0 Å². The molecule has 0 spiro atoms. The van der Waals surface area contributed by atoms with Crippen molar-refractivity contribution >= 4 is 27.9 Å². The number of carboxylic acids is 1. The minimum Gasteiger partial charge on any atom is -0.481 e. The summed E-state index contributed by atoms with van der Waals surface area (Å²) in [5.41, 5.74) is 0.889. The molecule has 5 nitrogen and oxygen atoms in total. The van der Waals surface area contributed by atoms with E-state index in [1.807, 2.05) is 6.07 Å². The van der Waals surface area contributed by atoms with E-state index >= 15 is 0 Å². The first kappa shape index (κ1) is 16.2. The van der Waals surface area contributed by atoms with Crippen molar-refractivity contribution in [2.75, 3.05) is 13.1 Å². The largest absolute Gasteiger partial charge is 0.481 e. The number of aliphatic carboxylic acids is 1. The molecule has 3 rings (SSSR count). The summed E-state index contributed by atoms with van der Waals surface area (Å²) in [5, 5.41) is 11.9. The van der Waals surface area contributed by atoms with Gasteiger partial charge < -0.3 is 15.3 Å². The van der Waals surface area contributed by atoms with E-state index in [4.69, 9.17) is 5.11 Å². The Bertz CT molecular complexity index is 632. The van der Waals surface area contributed by atoms with Crippen LogP contribution in [0.1, 0.15) is 30.7 Å². The van der Waals surface area contributed by atoms with Crippen LogP contribution in [-0.2, 0) is 4.79 Å². The Labute approximate surface area is 142 Å². The third kappa shape index (κ3) is 3.65. The van der Waals surface area contributed by atoms with Gasteiger partial charge in [-0.1, -0.05) is 6.07 Å². The SMILES string of the molecule is O=C(O)C1CCN(C(=O)N[C@@H]2C[C@H]2c2ccc(Br)c(F)c2)CC1. The van der Waals surface area contributed by atoms with E-state index in [-0.39, 0.29) is 29.7 Å². The normalized spacial score (nSPS) is 24.3. The Morgan fingerprint density at radius 2 is 2.00 bits per heavy atom. The maximum Gasteiger partial charge on any atom is 0.317 e. The molecule has 2 aliphatic rings. The van der Waals surface area contributed by atoms with Crippen LogP contribution in [0.25, 0.3) is 0 Å². The van der Waals surface area contributed by atoms with Gasteiger partial charge in [0.15, 0.2) is 0 Å². The lowest BCUT2D eigenvalue weighted by molar-refractivity contribution is -0.143. The molecule has 23 heavy (non-hydrogen) atoms. The highest BCUT2D eigenvalue weighted by Crippen LogP contribution is 2.41. The molecule has 2 atom stereocenters. The first-order valence-electron chi connectivity index (χ1n) is 7.69. The number of nitrogens with zero attached hydrogens (tertiary/aromatic N) is 1. The quantitative estimate of drug-likeness (QED) is 0.841. The number of urea groups is 1. The highest BCUT2D eigenvalue weighted by atomic mass is 79.9. The van der Waals surface area contributed by atoms with Crippen LogP contribution in [0.15, 0.2) is 22.7 Å². The lowest BCUT2D eigenvalue weighted by Crippen LogP contribution is -2.46. The van der Waals surface area contributed by atoms with Crippen molar-refractivity contribution in [3.63, 3.8) is 0 Å². The predicted octanol–water partition coefficient (Wildman–Crippen LogP) is 2.95. The molecule has 0 bridgehead atoms. The number of amides is 2. The standard InChI is InChI=1S/C16H18BrFN2O3/c17-12-2-1-10(7-13(12)18)11-8-14(11)19-16(23)20-5-3-9(4-6-20)15(21)22/h1-2,7,9,11,14H,3-6,8H2,(H,19,23)(H,21,22)/t11-,14+/m0/s1. The summed E-state index contributed by atoms with van der Waals surface area (Å²) in [6.07, 6.45) is 1.79. The molecule has 1 aliphatic carbocycles. The first-order chi connectivity index (χ1) is 11.0. The Balaban J connectivity index is 1.50. The molecule has 1 saturated heterocycles. The number of rotatable bonds is 3. The Morgan fingerprint density at radius 3 is 2.61 bits per heavy atom. The van der Waals surface area contributed by atoms with Crippen molar-refractivity contribution in [2.45, 2.75) is 31.2 Å². The van der Waals surface area contributed by atoms with Crippen molar-refractivity contribution < 1.29 is 19.1 Å². The first-order valence-corrected chi connectivity index (χ1v) is 8.48. The van der Waals surface area contributed by atoms with Crippen LogP contribution in [0.2, 0.25) is 0 Å². The summed E-state index contributed by atoms with van der Waals surface area (Å²) in [6.45, 7) is 0.931. The van der Waals surface area contributed by atoms with Gasteiger partial charge in [-0.25, -0.2) is 9.18 Å². The van der Waals surface area contributed by atoms with Crippen molar-refractivity contribution in [3.05, 3.63) is 34.1 Å². The number of piperidine rings is 1. The number of nitrogens with one attached hydrogen (secondary N) is 1. The number of benzene rings is 1. The molecule has 0 aromatic heterocycles. The van der Waals surface area contributed by atoms with Crippen molar-refractivity contribution in [1.82, 2.24) is 10.2 Å². The van der Waals surface area contributed by atoms with Gasteiger partial charge in [-0.3, -0.25) is 4.79 Å². The topological polar surface area (TPSA) is 69.6 Å². The van der Waals surface area contributed by atoms with Crippen LogP contribution >= 0.6 is 15.9 Å². The average molecular weight is 385 g/mol. The molecule has 1 aliphatic heterocycles. The van der Waals surface area contributed by atoms with E-state index in [1.165, 1.54) is 6.07 Å². The predicted molar refractivity (Wildman–Crippen MR) is 85.7 cm³/mol. The zero-order valence-electron chi connectivity index (χ0n) is 12.5. The molecule has 1 aromatic carbocycles. The lowest BCUT2D eigenvalue weighted by Gasteiger charge is -2.30. The number of hydrogen-bond acceptors (Lipinski definition) is 2. The van der Waals surface area contributed by atoms with E-state index in [9.17, 15) is 14.0 Å². The molecule has 1 aromatic rings. The number of hydrogen-bond donors (Lipinski definition) is 2. The van der Waals surface area contributed by atoms with Gasteiger partial charge in [0.05, 0.1) is 10.4 Å². The van der Waals surface area contributed by atoms with Gasteiger partial charge in [-0.15, -0.1) is 0 Å². The number of halogens is 2. The molecular formula is C16H18BrFN2O3. The Morgan fingerprint density at radius 1 is 1.30 bits per heavy atom. The van der Waals surface area contributed by atoms with Crippen LogP contribution in [0, 0.1) is 11.7 Å². The van der Waals surface area contributed by atoms with Crippen LogP contribution in [0.3, 0.4) is 0 Å². The highest BCUT2D eigenvalue weighted by molar-refractivity contribution is 9.10. The minimum atomic E-state index is -0.787. The molecule has 2 fully saturated rings. The van der Waals surface area contributed by atoms with Crippen LogP contribution < -0.4 is 5.32 Å². The fraction of sp³-hybridized carbons (Fsp3) is 0.500. The second-order valence-corrected chi connectivity index (χ2v) is 7.03. The molecule has 2 N–H and O–H groups in total. The minimum absolute atomic E-state index is 0.0280. The lowest BCUT2D eigenvalue weighted by atomic mass is 9.97. The molecule has 1 heterocycles. The highest BCUT2D eigenvalue weighted by Gasteiger charge is 2.41. The number of carbonyl (C=O) groups excluding carboxylic acids is 1. The maximum absolute atomic E-state index is 13.6. The van der Waals surface area contributed by atoms with Crippen molar-refractivity contribution in [3.8, 4) is 0 Å². The summed E-state index contributed by atoms with van der Waals surface area (Å²) in [6, 6.07) is 4.92. The second-order valence-electron chi connectivity index (χ2n) is 6.17. The van der Waals surface area contributed by atoms with E-state index in [1.54, 1.807) is 11.0 Å². The number of carbonyl (C=O) groups is 2. The Hall–Kier alpha value is -1.63. The monoisotopic (exact) mass is 384 g/mol. The zero-order valence-corrected chi connectivity index (χ0v) is 14.1. The van der Waals surface area contributed by atoms with Gasteiger partial charge in [0.1, 0.15) is 5.82 Å². The van der Waals surface area contributed by atoms with Crippen LogP contribution in [-0.4, -0.2) is 41.1 Å². The van der Waals surface area contributed by atoms with Gasteiger partial charge in [-0.2, -0.15) is 0 Å². The van der Waals surface area contributed by atoms with E-state index in [0.717, 1.165) is 12.0 Å². The van der Waals surface area contributed by atoms with Crippen molar-refractivity contribution in [1.29, 1.82) is 0 Å². The third-order valence-electron chi connectivity index (χ3n) is 4.60. The number of carboxylic acid groups (broad SMARTS) is 1. The smallest absolute Gasteiger partial charge is 0.317 e. The maximum atomic E-state index is 13.6. The van der Waals surface area contributed by atoms with Crippen LogP contribution in [0.4, 0.5) is 9.18 Å². The van der Waals surface area contributed by atoms with Crippen molar-refractivity contribution in [2.24, 2.45) is 5.92 Å². The van der Waals surface area contributed by atoms with Gasteiger partial charge in [0, 0.05) is 25.0 Å². The molecule has 0 radical (unpaired) electrons. The molecule has 0 unspecified atom stereocenters. The van der Waals surface area contributed by atoms with Gasteiger partial charge in [-0.05, 0) is 52.9 Å². The second kappa shape index (κ2) is 6.47. The third-order valence-corrected chi connectivity index (χ3v) is 5.25. The van der Waals surface area contributed by atoms with Gasteiger partial charge in [0.2, 0.25) is 0 Å². The summed E-state index contributed by atoms with van der Waals surface area (Å²) < 4.78 is 14.0. The van der Waals surface area contributed by atoms with E-state index in [0.29, 0.717) is 30.4 Å². The summed E-state index contributed by atoms with van der Waals surface area (Å²) >= 11 is 3.13. The molecule has 2 amide bonds. The summed E-state index contributed by atoms with van der Waals surface area (Å²) in [7, 11) is 0. The molecule has 124 valence electrons. The van der Waals surface area contributed by atoms with Gasteiger partial charge >= 0.3 is 12.0 Å². The van der Waals surface area contributed by atoms with E-state index < -0.39 is 5.97 Å². The molecule has 1 saturated carbocycles. The Kier molecular flexibility index (Phi) is 4.57. The van der Waals surface area contributed by atoms with E-state index in [2.05, 4.69) is 21.2 Å². The number of likely N-dealkylation sites (tertiary alicyclic amines) is 1. The zero-order chi connectivity index (χ0) is 16.6. The van der Waals surface area contributed by atoms with Crippen LogP contribution in [0.5, 0.6) is 0 Å². The summed E-state index contributed by atoms with van der Waals surface area (Å²) in [5.74, 6) is -1.28. The fourth-order valence-electron chi connectivity index (χ4n) is 3.05. The molecular weight excluding hydrogens is 367 g/mol. The molecule has 7 heteroatoms. The fourth-order valence-corrected chi connectivity index (χ4v) is 3.29.